The predicted octanol–water partition coefficient (Wildman–Crippen LogP) is 3.20. The molecule has 0 aromatic heterocycles. The van der Waals surface area contributed by atoms with E-state index in [1.165, 1.54) is 0 Å². The maximum absolute atomic E-state index is 11.8. The van der Waals surface area contributed by atoms with Gasteiger partial charge in [-0.05, 0) is 50.5 Å². The van der Waals surface area contributed by atoms with Crippen LogP contribution in [0.2, 0.25) is 0 Å². The van der Waals surface area contributed by atoms with Crippen molar-refractivity contribution in [2.75, 3.05) is 5.32 Å². The van der Waals surface area contributed by atoms with E-state index in [1.807, 2.05) is 13.8 Å². The van der Waals surface area contributed by atoms with Crippen LogP contribution in [0.3, 0.4) is 0 Å². The van der Waals surface area contributed by atoms with E-state index >= 15 is 0 Å². The van der Waals surface area contributed by atoms with Gasteiger partial charge in [-0.3, -0.25) is 4.79 Å². The molecule has 2 N–H and O–H groups in total. The molecular formula is C15H20N2O2. The van der Waals surface area contributed by atoms with Crippen molar-refractivity contribution >= 4 is 17.5 Å². The third-order valence-electron chi connectivity index (χ3n) is 3.37. The average Bonchev–Trinajstić information content (AvgIpc) is 3.22. The van der Waals surface area contributed by atoms with Crippen LogP contribution in [0.15, 0.2) is 24.3 Å². The largest absolute Gasteiger partial charge is 0.335 e. The molecule has 0 spiro atoms. The molecule has 1 atom stereocenters. The number of Topliss-reactive ketones (excluding diaryl/α,β-unsaturated/α-hetero) is 1. The zero-order valence-electron chi connectivity index (χ0n) is 11.4. The number of carbonyl (C=O) groups is 2. The van der Waals surface area contributed by atoms with Crippen LogP contribution >= 0.6 is 0 Å². The number of hydrogen-bond acceptors (Lipinski definition) is 2. The molecule has 2 rings (SSSR count). The Bertz CT molecular complexity index is 464. The van der Waals surface area contributed by atoms with Gasteiger partial charge in [0.15, 0.2) is 5.78 Å². The second-order valence-corrected chi connectivity index (χ2v) is 5.12. The number of ketones is 1. The van der Waals surface area contributed by atoms with Gasteiger partial charge in [0, 0.05) is 23.2 Å². The van der Waals surface area contributed by atoms with Crippen molar-refractivity contribution in [3.8, 4) is 0 Å². The van der Waals surface area contributed by atoms with Crippen molar-refractivity contribution < 1.29 is 9.59 Å². The summed E-state index contributed by atoms with van der Waals surface area (Å²) in [5, 5.41) is 5.58. The van der Waals surface area contributed by atoms with Gasteiger partial charge in [-0.1, -0.05) is 6.92 Å². The first-order chi connectivity index (χ1) is 9.10. The van der Waals surface area contributed by atoms with Crippen LogP contribution in [0.4, 0.5) is 10.5 Å². The number of nitrogens with one attached hydrogen (secondary N) is 2. The second-order valence-electron chi connectivity index (χ2n) is 5.12. The Hall–Kier alpha value is -1.84. The van der Waals surface area contributed by atoms with E-state index in [-0.39, 0.29) is 23.8 Å². The molecule has 0 aliphatic heterocycles. The van der Waals surface area contributed by atoms with Crippen LogP contribution in [0.1, 0.15) is 43.5 Å². The summed E-state index contributed by atoms with van der Waals surface area (Å²) in [5.41, 5.74) is 1.43. The van der Waals surface area contributed by atoms with E-state index in [4.69, 9.17) is 0 Å². The van der Waals surface area contributed by atoms with Crippen molar-refractivity contribution in [1.82, 2.24) is 5.32 Å². The molecule has 2 amide bonds. The molecule has 0 heterocycles. The third kappa shape index (κ3) is 3.81. The number of anilines is 1. The normalized spacial score (nSPS) is 15.7. The smallest absolute Gasteiger partial charge is 0.319 e. The lowest BCUT2D eigenvalue weighted by atomic mass is 10.1. The highest BCUT2D eigenvalue weighted by Crippen LogP contribution is 2.32. The Labute approximate surface area is 113 Å². The number of hydrogen-bond donors (Lipinski definition) is 2. The van der Waals surface area contributed by atoms with Crippen molar-refractivity contribution in [3.05, 3.63) is 29.8 Å². The zero-order chi connectivity index (χ0) is 13.8. The Kier molecular flexibility index (Phi) is 4.20. The Morgan fingerprint density at radius 3 is 2.42 bits per heavy atom. The maximum atomic E-state index is 11.8. The van der Waals surface area contributed by atoms with Gasteiger partial charge in [-0.2, -0.15) is 0 Å². The molecule has 1 aliphatic carbocycles. The molecule has 4 nitrogen and oxygen atoms in total. The van der Waals surface area contributed by atoms with E-state index in [9.17, 15) is 9.59 Å². The molecule has 19 heavy (non-hydrogen) atoms. The molecule has 0 saturated heterocycles. The van der Waals surface area contributed by atoms with Crippen LogP contribution in [0, 0.1) is 5.92 Å². The lowest BCUT2D eigenvalue weighted by molar-refractivity contribution is 0.0967. The van der Waals surface area contributed by atoms with Crippen LogP contribution in [0.5, 0.6) is 0 Å². The van der Waals surface area contributed by atoms with Gasteiger partial charge in [-0.25, -0.2) is 4.79 Å². The highest BCUT2D eigenvalue weighted by molar-refractivity contribution is 6.00. The van der Waals surface area contributed by atoms with Crippen LogP contribution in [-0.4, -0.2) is 17.9 Å². The monoisotopic (exact) mass is 260 g/mol. The molecule has 4 heteroatoms. The lowest BCUT2D eigenvalue weighted by Crippen LogP contribution is -2.35. The number of amides is 2. The van der Waals surface area contributed by atoms with E-state index < -0.39 is 0 Å². The van der Waals surface area contributed by atoms with Gasteiger partial charge >= 0.3 is 6.03 Å². The standard InChI is InChI=1S/C15H20N2O2/c1-3-10(2)16-15(19)17-13-8-6-12(7-9-13)14(18)11-4-5-11/h6-11H,3-5H2,1-2H3,(H2,16,17,19). The molecule has 102 valence electrons. The quantitative estimate of drug-likeness (QED) is 0.799. The fraction of sp³-hybridized carbons (Fsp3) is 0.467. The summed E-state index contributed by atoms with van der Waals surface area (Å²) in [6, 6.07) is 7.03. The topological polar surface area (TPSA) is 58.2 Å². The van der Waals surface area contributed by atoms with Crippen molar-refractivity contribution in [2.45, 2.75) is 39.2 Å². The molecule has 0 radical (unpaired) electrons. The summed E-state index contributed by atoms with van der Waals surface area (Å²) in [4.78, 5) is 23.5. The molecular weight excluding hydrogens is 240 g/mol. The van der Waals surface area contributed by atoms with Crippen molar-refractivity contribution in [3.63, 3.8) is 0 Å². The first-order valence-electron chi connectivity index (χ1n) is 6.82. The average molecular weight is 260 g/mol. The van der Waals surface area contributed by atoms with Gasteiger partial charge < -0.3 is 10.6 Å². The van der Waals surface area contributed by atoms with E-state index in [0.29, 0.717) is 5.69 Å². The second kappa shape index (κ2) is 5.87. The fourth-order valence-electron chi connectivity index (χ4n) is 1.79. The molecule has 1 saturated carbocycles. The molecule has 1 fully saturated rings. The summed E-state index contributed by atoms with van der Waals surface area (Å²) in [6.45, 7) is 3.97. The van der Waals surface area contributed by atoms with Crippen LogP contribution in [-0.2, 0) is 0 Å². The highest BCUT2D eigenvalue weighted by atomic mass is 16.2. The SMILES string of the molecule is CCC(C)NC(=O)Nc1ccc(C(=O)C2CC2)cc1. The fourth-order valence-corrected chi connectivity index (χ4v) is 1.79. The summed E-state index contributed by atoms with van der Waals surface area (Å²) >= 11 is 0. The first-order valence-corrected chi connectivity index (χ1v) is 6.82. The Balaban J connectivity index is 1.91. The molecule has 1 aliphatic rings. The molecule has 1 aromatic carbocycles. The summed E-state index contributed by atoms with van der Waals surface area (Å²) in [5.74, 6) is 0.447. The summed E-state index contributed by atoms with van der Waals surface area (Å²) in [7, 11) is 0. The predicted molar refractivity (Wildman–Crippen MR) is 75.4 cm³/mol. The number of rotatable bonds is 5. The molecule has 1 unspecified atom stereocenters. The van der Waals surface area contributed by atoms with E-state index in [1.54, 1.807) is 24.3 Å². The van der Waals surface area contributed by atoms with Gasteiger partial charge in [0.2, 0.25) is 0 Å². The lowest BCUT2D eigenvalue weighted by Gasteiger charge is -2.12. The third-order valence-corrected chi connectivity index (χ3v) is 3.37. The molecule has 1 aromatic rings. The van der Waals surface area contributed by atoms with Crippen LogP contribution < -0.4 is 10.6 Å². The Morgan fingerprint density at radius 2 is 1.89 bits per heavy atom. The zero-order valence-corrected chi connectivity index (χ0v) is 11.4. The minimum absolute atomic E-state index is 0.149. The van der Waals surface area contributed by atoms with E-state index in [0.717, 1.165) is 24.8 Å². The van der Waals surface area contributed by atoms with E-state index in [2.05, 4.69) is 10.6 Å². The maximum Gasteiger partial charge on any atom is 0.319 e. The number of carbonyl (C=O) groups excluding carboxylic acids is 2. The number of benzene rings is 1. The summed E-state index contributed by atoms with van der Waals surface area (Å²) in [6.07, 6.45) is 2.91. The van der Waals surface area contributed by atoms with Gasteiger partial charge in [0.1, 0.15) is 0 Å². The minimum Gasteiger partial charge on any atom is -0.335 e. The van der Waals surface area contributed by atoms with Crippen LogP contribution in [0.25, 0.3) is 0 Å². The molecule has 0 bridgehead atoms. The van der Waals surface area contributed by atoms with Gasteiger partial charge in [-0.15, -0.1) is 0 Å². The first kappa shape index (κ1) is 13.6. The summed E-state index contributed by atoms with van der Waals surface area (Å²) < 4.78 is 0. The Morgan fingerprint density at radius 1 is 1.26 bits per heavy atom. The van der Waals surface area contributed by atoms with Gasteiger partial charge in [0.25, 0.3) is 0 Å². The van der Waals surface area contributed by atoms with Gasteiger partial charge in [0.05, 0.1) is 0 Å². The van der Waals surface area contributed by atoms with Crippen molar-refractivity contribution in [1.29, 1.82) is 0 Å². The minimum atomic E-state index is -0.212. The van der Waals surface area contributed by atoms with Crippen molar-refractivity contribution in [2.24, 2.45) is 5.92 Å². The number of urea groups is 1. The highest BCUT2D eigenvalue weighted by Gasteiger charge is 2.30.